The second-order valence-electron chi connectivity index (χ2n) is 8.01. The van der Waals surface area contributed by atoms with E-state index in [-0.39, 0.29) is 23.8 Å². The Morgan fingerprint density at radius 3 is 2.47 bits per heavy atom. The molecule has 1 aromatic carbocycles. The Balaban J connectivity index is 1.93. The quantitative estimate of drug-likeness (QED) is 0.612. The molecule has 0 aliphatic heterocycles. The van der Waals surface area contributed by atoms with Crippen LogP contribution in [-0.4, -0.2) is 26.0 Å². The Hall–Kier alpha value is -2.94. The van der Waals surface area contributed by atoms with Crippen molar-refractivity contribution in [3.05, 3.63) is 65.6 Å². The van der Waals surface area contributed by atoms with E-state index in [4.69, 9.17) is 5.73 Å². The third-order valence-corrected chi connectivity index (χ3v) is 4.58. The van der Waals surface area contributed by atoms with Crippen LogP contribution in [0.25, 0.3) is 5.65 Å². The molecule has 0 aliphatic carbocycles. The third kappa shape index (κ3) is 5.56. The first kappa shape index (κ1) is 21.8. The summed E-state index contributed by atoms with van der Waals surface area (Å²) in [7, 11) is 0. The largest absolute Gasteiger partial charge is 0.417 e. The number of nitrogens with two attached hydrogens (primary N) is 1. The minimum absolute atomic E-state index is 0.0688. The van der Waals surface area contributed by atoms with Gasteiger partial charge in [-0.2, -0.15) is 13.2 Å². The molecule has 0 fully saturated rings. The number of aryl methyl sites for hydroxylation is 1. The van der Waals surface area contributed by atoms with Gasteiger partial charge < -0.3 is 11.1 Å². The Morgan fingerprint density at radius 2 is 1.83 bits per heavy atom. The summed E-state index contributed by atoms with van der Waals surface area (Å²) in [6.07, 6.45) is -2.43. The summed E-state index contributed by atoms with van der Waals surface area (Å²) in [6.45, 7) is 3.46. The second kappa shape index (κ2) is 8.43. The molecule has 0 bridgehead atoms. The molecular weight excluding hydrogens is 395 g/mol. The van der Waals surface area contributed by atoms with E-state index in [0.717, 1.165) is 17.8 Å². The van der Waals surface area contributed by atoms with Crippen molar-refractivity contribution in [3.8, 4) is 0 Å². The maximum atomic E-state index is 13.2. The molecule has 0 aliphatic rings. The summed E-state index contributed by atoms with van der Waals surface area (Å²) in [6, 6.07) is 11.2. The highest BCUT2D eigenvalue weighted by molar-refractivity contribution is 5.77. The maximum Gasteiger partial charge on any atom is 0.417 e. The minimum Gasteiger partial charge on any atom is -0.346 e. The zero-order chi connectivity index (χ0) is 21.9. The fraction of sp³-hybridized carbons (Fsp3) is 0.381. The number of rotatable bonds is 7. The van der Waals surface area contributed by atoms with Crippen molar-refractivity contribution in [3.63, 3.8) is 0 Å². The number of nitrogens with zero attached hydrogens (tertiary/aromatic N) is 3. The zero-order valence-electron chi connectivity index (χ0n) is 16.8. The number of carbonyl (C=O) groups is 1. The van der Waals surface area contributed by atoms with Crippen molar-refractivity contribution in [2.75, 3.05) is 0 Å². The van der Waals surface area contributed by atoms with E-state index in [1.54, 1.807) is 13.8 Å². The number of pyridine rings is 1. The number of hydrogen-bond acceptors (Lipinski definition) is 4. The lowest BCUT2D eigenvalue weighted by Crippen LogP contribution is -2.40. The van der Waals surface area contributed by atoms with Crippen molar-refractivity contribution >= 4 is 11.6 Å². The maximum absolute atomic E-state index is 13.2. The van der Waals surface area contributed by atoms with Crippen LogP contribution in [0.5, 0.6) is 0 Å². The molecule has 9 heteroatoms. The Labute approximate surface area is 172 Å². The van der Waals surface area contributed by atoms with Gasteiger partial charge in [-0.1, -0.05) is 30.3 Å². The van der Waals surface area contributed by atoms with E-state index in [1.807, 2.05) is 30.3 Å². The van der Waals surface area contributed by atoms with Gasteiger partial charge in [-0.05, 0) is 44.4 Å². The molecule has 1 atom stereocenters. The van der Waals surface area contributed by atoms with Crippen molar-refractivity contribution in [1.82, 2.24) is 19.9 Å². The van der Waals surface area contributed by atoms with Gasteiger partial charge >= 0.3 is 6.18 Å². The molecule has 6 nitrogen and oxygen atoms in total. The first-order chi connectivity index (χ1) is 14.0. The Bertz CT molecular complexity index is 1010. The van der Waals surface area contributed by atoms with Crippen LogP contribution in [0.3, 0.4) is 0 Å². The second-order valence-corrected chi connectivity index (χ2v) is 8.01. The molecule has 30 heavy (non-hydrogen) atoms. The standard InChI is InChI=1S/C21H24F3N5O/c1-20(2,25)12-18(30)26-16(10-8-14-6-4-3-5-7-14)19-28-27-17-11-9-15(13-29(17)19)21(22,23)24/h3-7,9,11,13,16H,8,10,12,25H2,1-2H3,(H,26,30)/t16-/m1/s1. The van der Waals surface area contributed by atoms with Gasteiger partial charge in [0.15, 0.2) is 11.5 Å². The Morgan fingerprint density at radius 1 is 1.13 bits per heavy atom. The molecule has 0 saturated heterocycles. The van der Waals surface area contributed by atoms with E-state index in [0.29, 0.717) is 12.8 Å². The van der Waals surface area contributed by atoms with Gasteiger partial charge in [-0.15, -0.1) is 10.2 Å². The van der Waals surface area contributed by atoms with Crippen LogP contribution in [0.15, 0.2) is 48.7 Å². The van der Waals surface area contributed by atoms with Gasteiger partial charge in [-0.25, -0.2) is 0 Å². The van der Waals surface area contributed by atoms with Crippen molar-refractivity contribution in [2.45, 2.75) is 50.9 Å². The van der Waals surface area contributed by atoms with Crippen LogP contribution in [0.2, 0.25) is 0 Å². The van der Waals surface area contributed by atoms with E-state index in [1.165, 1.54) is 10.5 Å². The highest BCUT2D eigenvalue weighted by Gasteiger charge is 2.32. The number of carbonyl (C=O) groups excluding carboxylic acids is 1. The molecule has 0 unspecified atom stereocenters. The SMILES string of the molecule is CC(C)(N)CC(=O)N[C@H](CCc1ccccc1)c1nnc2ccc(C(F)(F)F)cn12. The number of alkyl halides is 3. The van der Waals surface area contributed by atoms with Crippen molar-refractivity contribution < 1.29 is 18.0 Å². The summed E-state index contributed by atoms with van der Waals surface area (Å²) in [5.41, 5.74) is 5.72. The van der Waals surface area contributed by atoms with Crippen molar-refractivity contribution in [2.24, 2.45) is 5.73 Å². The monoisotopic (exact) mass is 419 g/mol. The minimum atomic E-state index is -4.50. The molecule has 2 aromatic heterocycles. The average Bonchev–Trinajstić information content (AvgIpc) is 3.07. The molecule has 3 rings (SSSR count). The predicted molar refractivity (Wildman–Crippen MR) is 107 cm³/mol. The number of amides is 1. The van der Waals surface area contributed by atoms with Crippen LogP contribution < -0.4 is 11.1 Å². The van der Waals surface area contributed by atoms with Gasteiger partial charge in [0.25, 0.3) is 0 Å². The molecule has 160 valence electrons. The average molecular weight is 419 g/mol. The number of fused-ring (bicyclic) bond motifs is 1. The first-order valence-corrected chi connectivity index (χ1v) is 9.57. The van der Waals surface area contributed by atoms with E-state index < -0.39 is 23.3 Å². The van der Waals surface area contributed by atoms with Crippen LogP contribution in [0, 0.1) is 0 Å². The predicted octanol–water partition coefficient (Wildman–Crippen LogP) is 3.67. The number of hydrogen-bond donors (Lipinski definition) is 2. The first-order valence-electron chi connectivity index (χ1n) is 9.57. The van der Waals surface area contributed by atoms with Gasteiger partial charge in [0, 0.05) is 18.2 Å². The summed E-state index contributed by atoms with van der Waals surface area (Å²) in [5.74, 6) is -0.0560. The summed E-state index contributed by atoms with van der Waals surface area (Å²) >= 11 is 0. The lowest BCUT2D eigenvalue weighted by atomic mass is 10.0. The van der Waals surface area contributed by atoms with E-state index in [9.17, 15) is 18.0 Å². The fourth-order valence-corrected chi connectivity index (χ4v) is 3.19. The molecule has 1 amide bonds. The number of halogens is 3. The Kier molecular flexibility index (Phi) is 6.12. The lowest BCUT2D eigenvalue weighted by Gasteiger charge is -2.22. The van der Waals surface area contributed by atoms with Gasteiger partial charge in [0.1, 0.15) is 0 Å². The smallest absolute Gasteiger partial charge is 0.346 e. The number of nitrogens with one attached hydrogen (secondary N) is 1. The molecule has 2 heterocycles. The molecule has 0 saturated carbocycles. The molecular formula is C21H24F3N5O. The number of benzene rings is 1. The van der Waals surface area contributed by atoms with Gasteiger partial charge in [0.2, 0.25) is 5.91 Å². The molecule has 0 radical (unpaired) electrons. The summed E-state index contributed by atoms with van der Waals surface area (Å²) in [5, 5.41) is 10.9. The van der Waals surface area contributed by atoms with E-state index >= 15 is 0 Å². The molecule has 0 spiro atoms. The van der Waals surface area contributed by atoms with Gasteiger partial charge in [-0.3, -0.25) is 9.20 Å². The fourth-order valence-electron chi connectivity index (χ4n) is 3.19. The molecule has 3 N–H and O–H groups in total. The topological polar surface area (TPSA) is 85.3 Å². The van der Waals surface area contributed by atoms with Gasteiger partial charge in [0.05, 0.1) is 11.6 Å². The van der Waals surface area contributed by atoms with Crippen LogP contribution in [0.1, 0.15) is 49.7 Å². The third-order valence-electron chi connectivity index (χ3n) is 4.58. The number of aromatic nitrogens is 3. The highest BCUT2D eigenvalue weighted by Crippen LogP contribution is 2.30. The molecule has 3 aromatic rings. The van der Waals surface area contributed by atoms with Crippen LogP contribution in [-0.2, 0) is 17.4 Å². The van der Waals surface area contributed by atoms with Crippen LogP contribution >= 0.6 is 0 Å². The van der Waals surface area contributed by atoms with E-state index in [2.05, 4.69) is 15.5 Å². The summed E-state index contributed by atoms with van der Waals surface area (Å²) < 4.78 is 40.8. The van der Waals surface area contributed by atoms with Crippen molar-refractivity contribution in [1.29, 1.82) is 0 Å². The van der Waals surface area contributed by atoms with Crippen LogP contribution in [0.4, 0.5) is 13.2 Å². The lowest BCUT2D eigenvalue weighted by molar-refractivity contribution is -0.138. The normalized spacial score (nSPS) is 13.4. The zero-order valence-corrected chi connectivity index (χ0v) is 16.8. The summed E-state index contributed by atoms with van der Waals surface area (Å²) in [4.78, 5) is 12.5. The highest BCUT2D eigenvalue weighted by atomic mass is 19.4.